The van der Waals surface area contributed by atoms with E-state index in [1.807, 2.05) is 6.07 Å². The fourth-order valence-electron chi connectivity index (χ4n) is 4.46. The molecule has 0 atom stereocenters. The van der Waals surface area contributed by atoms with Crippen LogP contribution in [-0.2, 0) is 0 Å². The van der Waals surface area contributed by atoms with Crippen molar-refractivity contribution in [2.75, 3.05) is 77.1 Å². The van der Waals surface area contributed by atoms with Gasteiger partial charge in [-0.1, -0.05) is 6.07 Å². The molecule has 4 heteroatoms. The number of nitrogens with zero attached hydrogens (tertiary/aromatic N) is 3. The molecule has 0 amide bonds. The number of likely N-dealkylation sites (N-methyl/N-ethyl adjacent to an activating group) is 2. The lowest BCUT2D eigenvalue weighted by Gasteiger charge is -2.36. The Labute approximate surface area is 148 Å². The Morgan fingerprint density at radius 2 is 1.38 bits per heavy atom. The van der Waals surface area contributed by atoms with Crippen LogP contribution < -0.4 is 10.6 Å². The van der Waals surface area contributed by atoms with E-state index >= 15 is 0 Å². The van der Waals surface area contributed by atoms with Crippen LogP contribution in [0.1, 0.15) is 25.7 Å². The monoisotopic (exact) mass is 332 g/mol. The number of benzene rings is 1. The Kier molecular flexibility index (Phi) is 5.36. The van der Waals surface area contributed by atoms with E-state index in [9.17, 15) is 0 Å². The third-order valence-electron chi connectivity index (χ3n) is 6.35. The minimum absolute atomic E-state index is 0.876. The number of likely N-dealkylation sites (tertiary alicyclic amines) is 2. The van der Waals surface area contributed by atoms with Crippen molar-refractivity contribution in [1.82, 2.24) is 0 Å². The van der Waals surface area contributed by atoms with Crippen LogP contribution in [-0.4, -0.2) is 75.4 Å². The number of rotatable bonds is 7. The van der Waals surface area contributed by atoms with E-state index in [1.165, 1.54) is 79.6 Å². The van der Waals surface area contributed by atoms with Crippen molar-refractivity contribution in [2.24, 2.45) is 0 Å². The molecule has 2 aliphatic heterocycles. The molecule has 2 aliphatic rings. The Morgan fingerprint density at radius 3 is 1.83 bits per heavy atom. The van der Waals surface area contributed by atoms with Crippen molar-refractivity contribution in [3.05, 3.63) is 24.3 Å². The standard InChI is InChI=1S/C20H36N4/c1-23(12-3-4-13-23)16-10-22(20-9-7-8-19(21)18-20)11-17-24(2)14-5-6-15-24/h7-9,18H,3-6,10-17,21H2,1-2H3/q+2. The van der Waals surface area contributed by atoms with Gasteiger partial charge in [-0.05, 0) is 18.2 Å². The van der Waals surface area contributed by atoms with Gasteiger partial charge in [0.15, 0.2) is 0 Å². The molecule has 1 aromatic carbocycles. The molecule has 2 fully saturated rings. The van der Waals surface area contributed by atoms with Crippen molar-refractivity contribution in [3.63, 3.8) is 0 Å². The van der Waals surface area contributed by atoms with Crippen LogP contribution in [0.4, 0.5) is 11.4 Å². The molecular formula is C20H36N4+2. The SMILES string of the molecule is C[N+]1(CCN(CC[N+]2(C)CCCC2)c2cccc(N)c2)CCCC1. The quantitative estimate of drug-likeness (QED) is 0.614. The van der Waals surface area contributed by atoms with E-state index in [0.717, 1.165) is 18.8 Å². The predicted octanol–water partition coefficient (Wildman–Crippen LogP) is 2.56. The Morgan fingerprint density at radius 1 is 0.875 bits per heavy atom. The summed E-state index contributed by atoms with van der Waals surface area (Å²) in [5, 5.41) is 0. The lowest BCUT2D eigenvalue weighted by atomic mass is 10.2. The minimum atomic E-state index is 0.876. The summed E-state index contributed by atoms with van der Waals surface area (Å²) in [5.41, 5.74) is 8.22. The van der Waals surface area contributed by atoms with Gasteiger partial charge in [-0.15, -0.1) is 0 Å². The zero-order valence-electron chi connectivity index (χ0n) is 15.7. The van der Waals surface area contributed by atoms with Crippen LogP contribution in [0.25, 0.3) is 0 Å². The highest BCUT2D eigenvalue weighted by atomic mass is 15.4. The van der Waals surface area contributed by atoms with Gasteiger partial charge in [0, 0.05) is 37.1 Å². The van der Waals surface area contributed by atoms with E-state index in [1.54, 1.807) is 0 Å². The van der Waals surface area contributed by atoms with Gasteiger partial charge in [0.1, 0.15) is 0 Å². The molecule has 2 heterocycles. The van der Waals surface area contributed by atoms with Gasteiger partial charge in [0.2, 0.25) is 0 Å². The Bertz CT molecular complexity index is 504. The number of nitrogens with two attached hydrogens (primary N) is 1. The molecule has 0 aromatic heterocycles. The van der Waals surface area contributed by atoms with Gasteiger partial charge in [-0.25, -0.2) is 0 Å². The number of hydrogen-bond acceptors (Lipinski definition) is 2. The minimum Gasteiger partial charge on any atom is -0.399 e. The molecule has 2 saturated heterocycles. The fourth-order valence-corrected chi connectivity index (χ4v) is 4.46. The molecule has 0 spiro atoms. The van der Waals surface area contributed by atoms with Crippen LogP contribution in [0, 0.1) is 0 Å². The molecule has 1 aromatic rings. The molecule has 134 valence electrons. The topological polar surface area (TPSA) is 29.3 Å². The van der Waals surface area contributed by atoms with Crippen molar-refractivity contribution < 1.29 is 8.97 Å². The fraction of sp³-hybridized carbons (Fsp3) is 0.700. The molecule has 24 heavy (non-hydrogen) atoms. The zero-order chi connectivity index (χ0) is 17.0. The first-order valence-electron chi connectivity index (χ1n) is 9.76. The second-order valence-corrected chi connectivity index (χ2v) is 8.58. The summed E-state index contributed by atoms with van der Waals surface area (Å²) in [6.07, 6.45) is 5.57. The van der Waals surface area contributed by atoms with Crippen LogP contribution in [0.5, 0.6) is 0 Å². The lowest BCUT2D eigenvalue weighted by molar-refractivity contribution is -0.897. The van der Waals surface area contributed by atoms with E-state index < -0.39 is 0 Å². The molecule has 0 aliphatic carbocycles. The Balaban J connectivity index is 1.65. The van der Waals surface area contributed by atoms with Crippen molar-refractivity contribution in [1.29, 1.82) is 0 Å². The third-order valence-corrected chi connectivity index (χ3v) is 6.35. The molecule has 2 N–H and O–H groups in total. The number of quaternary nitrogens is 2. The average molecular weight is 333 g/mol. The predicted molar refractivity (Wildman–Crippen MR) is 103 cm³/mol. The maximum Gasteiger partial charge on any atom is 0.0962 e. The van der Waals surface area contributed by atoms with Gasteiger partial charge < -0.3 is 19.6 Å². The highest BCUT2D eigenvalue weighted by Crippen LogP contribution is 2.22. The van der Waals surface area contributed by atoms with Crippen LogP contribution >= 0.6 is 0 Å². The van der Waals surface area contributed by atoms with E-state index in [0.29, 0.717) is 0 Å². The molecular weight excluding hydrogens is 296 g/mol. The summed E-state index contributed by atoms with van der Waals surface area (Å²) in [7, 11) is 4.86. The van der Waals surface area contributed by atoms with Crippen molar-refractivity contribution in [2.45, 2.75) is 25.7 Å². The first kappa shape index (κ1) is 17.6. The first-order valence-corrected chi connectivity index (χ1v) is 9.76. The number of nitrogen functional groups attached to an aromatic ring is 1. The smallest absolute Gasteiger partial charge is 0.0962 e. The van der Waals surface area contributed by atoms with Gasteiger partial charge in [0.05, 0.1) is 66.5 Å². The van der Waals surface area contributed by atoms with Crippen LogP contribution in [0.15, 0.2) is 24.3 Å². The molecule has 0 radical (unpaired) electrons. The van der Waals surface area contributed by atoms with Crippen LogP contribution in [0.2, 0.25) is 0 Å². The molecule has 0 unspecified atom stereocenters. The Hall–Kier alpha value is -1.26. The van der Waals surface area contributed by atoms with E-state index in [-0.39, 0.29) is 0 Å². The van der Waals surface area contributed by atoms with Gasteiger partial charge >= 0.3 is 0 Å². The molecule has 0 bridgehead atoms. The van der Waals surface area contributed by atoms with Gasteiger partial charge in [-0.3, -0.25) is 0 Å². The molecule has 0 saturated carbocycles. The van der Waals surface area contributed by atoms with Crippen molar-refractivity contribution >= 4 is 11.4 Å². The second kappa shape index (κ2) is 7.32. The van der Waals surface area contributed by atoms with E-state index in [2.05, 4.69) is 37.2 Å². The summed E-state index contributed by atoms with van der Waals surface area (Å²) < 4.78 is 2.48. The summed E-state index contributed by atoms with van der Waals surface area (Å²) in [6, 6.07) is 8.46. The van der Waals surface area contributed by atoms with Crippen LogP contribution in [0.3, 0.4) is 0 Å². The van der Waals surface area contributed by atoms with E-state index in [4.69, 9.17) is 5.73 Å². The number of anilines is 2. The zero-order valence-corrected chi connectivity index (χ0v) is 15.7. The number of hydrogen-bond donors (Lipinski definition) is 1. The summed E-state index contributed by atoms with van der Waals surface area (Å²) >= 11 is 0. The maximum absolute atomic E-state index is 6.05. The molecule has 3 rings (SSSR count). The third kappa shape index (κ3) is 4.42. The lowest BCUT2D eigenvalue weighted by Crippen LogP contribution is -2.50. The highest BCUT2D eigenvalue weighted by molar-refractivity contribution is 5.55. The van der Waals surface area contributed by atoms with Crippen molar-refractivity contribution in [3.8, 4) is 0 Å². The summed E-state index contributed by atoms with van der Waals surface area (Å²) in [5.74, 6) is 0. The highest BCUT2D eigenvalue weighted by Gasteiger charge is 2.29. The van der Waals surface area contributed by atoms with Gasteiger partial charge in [0.25, 0.3) is 0 Å². The molecule has 4 nitrogen and oxygen atoms in total. The second-order valence-electron chi connectivity index (χ2n) is 8.58. The first-order chi connectivity index (χ1) is 11.5. The van der Waals surface area contributed by atoms with Gasteiger partial charge in [-0.2, -0.15) is 0 Å². The maximum atomic E-state index is 6.05. The average Bonchev–Trinajstić information content (AvgIpc) is 3.17. The summed E-state index contributed by atoms with van der Waals surface area (Å²) in [4.78, 5) is 2.58. The summed E-state index contributed by atoms with van der Waals surface area (Å²) in [6.45, 7) is 10.2. The normalized spacial score (nSPS) is 21.9. The largest absolute Gasteiger partial charge is 0.399 e.